The zero-order valence-electron chi connectivity index (χ0n) is 14.7. The zero-order valence-corrected chi connectivity index (χ0v) is 17.1. The summed E-state index contributed by atoms with van der Waals surface area (Å²) in [6, 6.07) is 11.0. The lowest BCUT2D eigenvalue weighted by atomic mass is 10.2. The number of thioether (sulfide) groups is 1. The average Bonchev–Trinajstić information content (AvgIpc) is 3.32. The third kappa shape index (κ3) is 3.94. The van der Waals surface area contributed by atoms with Gasteiger partial charge in [-0.2, -0.15) is 0 Å². The molecule has 4 rings (SSSR count). The van der Waals surface area contributed by atoms with E-state index in [0.717, 1.165) is 0 Å². The minimum Gasteiger partial charge on any atom is -0.485 e. The zero-order chi connectivity index (χ0) is 19.5. The first-order valence-electron chi connectivity index (χ1n) is 8.49. The van der Waals surface area contributed by atoms with E-state index in [2.05, 4.69) is 16.8 Å². The Labute approximate surface area is 175 Å². The van der Waals surface area contributed by atoms with Crippen LogP contribution in [0.2, 0.25) is 4.34 Å². The number of fused-ring (bicyclic) bond motifs is 1. The van der Waals surface area contributed by atoms with Gasteiger partial charge in [-0.1, -0.05) is 41.6 Å². The molecule has 0 fully saturated rings. The second-order valence-electron chi connectivity index (χ2n) is 5.92. The van der Waals surface area contributed by atoms with Crippen LogP contribution in [0.5, 0.6) is 11.5 Å². The maximum atomic E-state index is 12.4. The summed E-state index contributed by atoms with van der Waals surface area (Å²) in [6.07, 6.45) is 1.37. The number of allylic oxidation sites excluding steroid dienone is 1. The quantitative estimate of drug-likeness (QED) is 0.306. The van der Waals surface area contributed by atoms with Crippen molar-refractivity contribution in [3.63, 3.8) is 0 Å². The van der Waals surface area contributed by atoms with Crippen LogP contribution >= 0.6 is 34.7 Å². The van der Waals surface area contributed by atoms with Gasteiger partial charge in [-0.15, -0.1) is 28.1 Å². The number of ketones is 1. The predicted molar refractivity (Wildman–Crippen MR) is 110 cm³/mol. The highest BCUT2D eigenvalue weighted by atomic mass is 35.5. The molecule has 1 aliphatic rings. The van der Waals surface area contributed by atoms with Crippen LogP contribution in [-0.4, -0.2) is 32.9 Å². The number of nitrogens with zero attached hydrogens (tertiary/aromatic N) is 3. The second kappa shape index (κ2) is 8.38. The molecule has 1 aliphatic heterocycles. The first-order valence-corrected chi connectivity index (χ1v) is 10.7. The summed E-state index contributed by atoms with van der Waals surface area (Å²) in [7, 11) is 0. The van der Waals surface area contributed by atoms with Crippen LogP contribution in [0.1, 0.15) is 21.6 Å². The van der Waals surface area contributed by atoms with Gasteiger partial charge in [-0.3, -0.25) is 9.36 Å². The summed E-state index contributed by atoms with van der Waals surface area (Å²) < 4.78 is 14.3. The van der Waals surface area contributed by atoms with E-state index in [0.29, 0.717) is 44.8 Å². The van der Waals surface area contributed by atoms with Crippen molar-refractivity contribution in [3.8, 4) is 11.5 Å². The number of hydrogen-bond acceptors (Lipinski definition) is 7. The normalized spacial score (nSPS) is 15.4. The Morgan fingerprint density at radius 3 is 2.89 bits per heavy atom. The van der Waals surface area contributed by atoms with Crippen LogP contribution < -0.4 is 9.47 Å². The molecule has 2 aromatic heterocycles. The van der Waals surface area contributed by atoms with Crippen molar-refractivity contribution in [2.24, 2.45) is 0 Å². The number of para-hydroxylation sites is 2. The summed E-state index contributed by atoms with van der Waals surface area (Å²) in [5.41, 5.74) is 0. The molecule has 0 aliphatic carbocycles. The number of carbonyl (C=O) groups excluding carboxylic acids is 1. The van der Waals surface area contributed by atoms with Gasteiger partial charge in [0.15, 0.2) is 34.4 Å². The molecule has 0 N–H and O–H groups in total. The lowest BCUT2D eigenvalue weighted by Gasteiger charge is -2.26. The number of aromatic nitrogens is 3. The first kappa shape index (κ1) is 19.0. The van der Waals surface area contributed by atoms with E-state index in [1.54, 1.807) is 18.2 Å². The SMILES string of the molecule is C=CCn1c(SCC(=O)c2ccc(Cl)s2)nnc1[C@H]1COc2ccccc2O1. The minimum atomic E-state index is -0.386. The molecule has 6 nitrogen and oxygen atoms in total. The molecular formula is C19H16ClN3O3S2. The number of hydrogen-bond donors (Lipinski definition) is 0. The highest BCUT2D eigenvalue weighted by molar-refractivity contribution is 7.99. The van der Waals surface area contributed by atoms with Crippen LogP contribution in [0.3, 0.4) is 0 Å². The topological polar surface area (TPSA) is 66.2 Å². The van der Waals surface area contributed by atoms with Gasteiger partial charge in [0.1, 0.15) is 6.61 Å². The van der Waals surface area contributed by atoms with Gasteiger partial charge >= 0.3 is 0 Å². The van der Waals surface area contributed by atoms with Gasteiger partial charge in [-0.05, 0) is 24.3 Å². The molecule has 0 saturated carbocycles. The van der Waals surface area contributed by atoms with Crippen molar-refractivity contribution in [2.75, 3.05) is 12.4 Å². The van der Waals surface area contributed by atoms with Crippen molar-refractivity contribution in [3.05, 3.63) is 64.1 Å². The number of benzene rings is 1. The number of thiophene rings is 1. The summed E-state index contributed by atoms with van der Waals surface area (Å²) >= 11 is 8.51. The highest BCUT2D eigenvalue weighted by Gasteiger charge is 2.28. The molecular weight excluding hydrogens is 418 g/mol. The van der Waals surface area contributed by atoms with E-state index < -0.39 is 0 Å². The maximum absolute atomic E-state index is 12.4. The molecule has 0 radical (unpaired) electrons. The smallest absolute Gasteiger partial charge is 0.192 e. The monoisotopic (exact) mass is 433 g/mol. The third-order valence-corrected chi connectivity index (χ3v) is 6.27. The Balaban J connectivity index is 1.51. The van der Waals surface area contributed by atoms with Crippen molar-refractivity contribution >= 4 is 40.5 Å². The predicted octanol–water partition coefficient (Wildman–Crippen LogP) is 4.67. The van der Waals surface area contributed by atoms with E-state index in [1.807, 2.05) is 28.8 Å². The van der Waals surface area contributed by atoms with Crippen LogP contribution in [0.4, 0.5) is 0 Å². The number of halogens is 1. The van der Waals surface area contributed by atoms with E-state index in [4.69, 9.17) is 21.1 Å². The lowest BCUT2D eigenvalue weighted by Crippen LogP contribution is -2.25. The lowest BCUT2D eigenvalue weighted by molar-refractivity contribution is 0.0821. The van der Waals surface area contributed by atoms with Crippen molar-refractivity contribution < 1.29 is 14.3 Å². The Kier molecular flexibility index (Phi) is 5.70. The maximum Gasteiger partial charge on any atom is 0.192 e. The van der Waals surface area contributed by atoms with E-state index >= 15 is 0 Å². The summed E-state index contributed by atoms with van der Waals surface area (Å²) in [5.74, 6) is 2.28. The summed E-state index contributed by atoms with van der Waals surface area (Å²) in [4.78, 5) is 13.0. The van der Waals surface area contributed by atoms with Crippen molar-refractivity contribution in [2.45, 2.75) is 17.8 Å². The fourth-order valence-electron chi connectivity index (χ4n) is 2.76. The molecule has 144 valence electrons. The molecule has 0 saturated heterocycles. The molecule has 1 atom stereocenters. The second-order valence-corrected chi connectivity index (χ2v) is 8.58. The Morgan fingerprint density at radius 2 is 2.14 bits per heavy atom. The standard InChI is InChI=1S/C19H16ClN3O3S2/c1-2-9-23-18(15-10-25-13-5-3-4-6-14(13)26-15)21-22-19(23)27-11-12(24)16-7-8-17(20)28-16/h2-8,15H,1,9-11H2/t15-/m1/s1. The highest BCUT2D eigenvalue weighted by Crippen LogP contribution is 2.36. The molecule has 0 bridgehead atoms. The largest absolute Gasteiger partial charge is 0.485 e. The molecule has 0 unspecified atom stereocenters. The molecule has 0 amide bonds. The molecule has 1 aromatic carbocycles. The average molecular weight is 434 g/mol. The Hall–Kier alpha value is -2.29. The summed E-state index contributed by atoms with van der Waals surface area (Å²) in [6.45, 7) is 4.65. The van der Waals surface area contributed by atoms with Gasteiger partial charge in [0, 0.05) is 6.54 Å². The first-order chi connectivity index (χ1) is 13.7. The Morgan fingerprint density at radius 1 is 1.32 bits per heavy atom. The van der Waals surface area contributed by atoms with E-state index in [1.165, 1.54) is 23.1 Å². The minimum absolute atomic E-state index is 0.00257. The fourth-order valence-corrected chi connectivity index (χ4v) is 4.67. The van der Waals surface area contributed by atoms with E-state index in [-0.39, 0.29) is 17.6 Å². The number of rotatable bonds is 7. The van der Waals surface area contributed by atoms with Crippen molar-refractivity contribution in [1.82, 2.24) is 14.8 Å². The number of Topliss-reactive ketones (excluding diaryl/α,β-unsaturated/α-hetero) is 1. The van der Waals surface area contributed by atoms with Crippen molar-refractivity contribution in [1.29, 1.82) is 0 Å². The fraction of sp³-hybridized carbons (Fsp3) is 0.211. The third-order valence-electron chi connectivity index (χ3n) is 4.03. The van der Waals surface area contributed by atoms with Crippen LogP contribution in [0.25, 0.3) is 0 Å². The number of ether oxygens (including phenoxy) is 2. The molecule has 3 aromatic rings. The van der Waals surface area contributed by atoms with Gasteiger partial charge in [0.25, 0.3) is 0 Å². The molecule has 3 heterocycles. The van der Waals surface area contributed by atoms with Gasteiger partial charge in [0.2, 0.25) is 0 Å². The van der Waals surface area contributed by atoms with Gasteiger partial charge < -0.3 is 9.47 Å². The van der Waals surface area contributed by atoms with Gasteiger partial charge in [0.05, 0.1) is 15.0 Å². The van der Waals surface area contributed by atoms with Crippen LogP contribution in [0.15, 0.2) is 54.2 Å². The van der Waals surface area contributed by atoms with Crippen LogP contribution in [-0.2, 0) is 6.54 Å². The van der Waals surface area contributed by atoms with Gasteiger partial charge in [-0.25, -0.2) is 0 Å². The molecule has 0 spiro atoms. The van der Waals surface area contributed by atoms with E-state index in [9.17, 15) is 4.79 Å². The number of carbonyl (C=O) groups is 1. The Bertz CT molecular complexity index is 1020. The summed E-state index contributed by atoms with van der Waals surface area (Å²) in [5, 5.41) is 9.18. The molecule has 28 heavy (non-hydrogen) atoms. The van der Waals surface area contributed by atoms with Crippen LogP contribution in [0, 0.1) is 0 Å². The molecule has 9 heteroatoms.